The van der Waals surface area contributed by atoms with Crippen molar-refractivity contribution in [2.75, 3.05) is 49.0 Å². The largest absolute Gasteiger partial charge is 0.491 e. The van der Waals surface area contributed by atoms with Crippen LogP contribution < -0.4 is 14.5 Å². The smallest absolute Gasteiger partial charge is 0.230 e. The number of benzene rings is 1. The molecule has 5 nitrogen and oxygen atoms in total. The highest BCUT2D eigenvalue weighted by molar-refractivity contribution is 6.18. The third kappa shape index (κ3) is 3.12. The lowest BCUT2D eigenvalue weighted by Crippen LogP contribution is -2.43. The molecule has 0 unspecified atom stereocenters. The normalized spacial score (nSPS) is 20.7. The number of hydrogen-bond acceptors (Lipinski definition) is 4. The molecule has 2 heterocycles. The van der Waals surface area contributed by atoms with Gasteiger partial charge in [0.05, 0.1) is 18.7 Å². The van der Waals surface area contributed by atoms with E-state index in [0.29, 0.717) is 18.9 Å². The van der Waals surface area contributed by atoms with E-state index in [1.807, 2.05) is 18.2 Å². The van der Waals surface area contributed by atoms with Crippen molar-refractivity contribution in [2.45, 2.75) is 19.3 Å². The van der Waals surface area contributed by atoms with Crippen molar-refractivity contribution in [1.82, 2.24) is 0 Å². The van der Waals surface area contributed by atoms with Gasteiger partial charge in [-0.25, -0.2) is 0 Å². The minimum atomic E-state index is -0.153. The average Bonchev–Trinajstić information content (AvgIpc) is 2.74. The van der Waals surface area contributed by atoms with E-state index in [2.05, 4.69) is 4.90 Å². The Hall–Kier alpha value is -1.46. The predicted octanol–water partition coefficient (Wildman–Crippen LogP) is 2.25. The summed E-state index contributed by atoms with van der Waals surface area (Å²) in [4.78, 5) is 16.0. The first-order chi connectivity index (χ1) is 11.1. The summed E-state index contributed by atoms with van der Waals surface area (Å²) in [7, 11) is 1.79. The lowest BCUT2D eigenvalue weighted by molar-refractivity contribution is -0.118. The van der Waals surface area contributed by atoms with Crippen molar-refractivity contribution in [2.24, 2.45) is 5.41 Å². The van der Waals surface area contributed by atoms with Crippen LogP contribution in [0.15, 0.2) is 18.2 Å². The van der Waals surface area contributed by atoms with Gasteiger partial charge in [-0.1, -0.05) is 0 Å². The molecular weight excluding hydrogens is 316 g/mol. The van der Waals surface area contributed by atoms with Crippen molar-refractivity contribution < 1.29 is 14.6 Å². The van der Waals surface area contributed by atoms with Crippen LogP contribution in [0.5, 0.6) is 5.75 Å². The SMILES string of the molecule is CN1C(=O)CCOc2ccc(N3CCC(CO)(CCl)CC3)cc21. The molecule has 1 aromatic carbocycles. The highest BCUT2D eigenvalue weighted by atomic mass is 35.5. The Morgan fingerprint density at radius 1 is 1.35 bits per heavy atom. The van der Waals surface area contributed by atoms with Crippen LogP contribution in [0.1, 0.15) is 19.3 Å². The Morgan fingerprint density at radius 3 is 2.74 bits per heavy atom. The second-order valence-corrected chi connectivity index (χ2v) is 6.75. The lowest BCUT2D eigenvalue weighted by atomic mass is 9.81. The monoisotopic (exact) mass is 338 g/mol. The fourth-order valence-corrected chi connectivity index (χ4v) is 3.56. The quantitative estimate of drug-likeness (QED) is 0.859. The van der Waals surface area contributed by atoms with Gasteiger partial charge < -0.3 is 19.6 Å². The van der Waals surface area contributed by atoms with Gasteiger partial charge in [-0.2, -0.15) is 0 Å². The van der Waals surface area contributed by atoms with E-state index < -0.39 is 0 Å². The first kappa shape index (κ1) is 16.4. The van der Waals surface area contributed by atoms with E-state index in [9.17, 15) is 9.90 Å². The molecule has 1 fully saturated rings. The van der Waals surface area contributed by atoms with Crippen molar-refractivity contribution in [3.8, 4) is 5.75 Å². The number of nitrogens with zero attached hydrogens (tertiary/aromatic N) is 2. The number of anilines is 2. The highest BCUT2D eigenvalue weighted by Gasteiger charge is 2.33. The van der Waals surface area contributed by atoms with Crippen LogP contribution in [-0.4, -0.2) is 50.2 Å². The summed E-state index contributed by atoms with van der Waals surface area (Å²) >= 11 is 6.04. The summed E-state index contributed by atoms with van der Waals surface area (Å²) in [6.45, 7) is 2.27. The molecule has 126 valence electrons. The molecule has 0 aliphatic carbocycles. The van der Waals surface area contributed by atoms with Gasteiger partial charge in [-0.15, -0.1) is 11.6 Å². The number of piperidine rings is 1. The third-order valence-electron chi connectivity index (χ3n) is 5.06. The predicted molar refractivity (Wildman–Crippen MR) is 91.6 cm³/mol. The molecule has 2 aliphatic rings. The zero-order valence-corrected chi connectivity index (χ0v) is 14.2. The van der Waals surface area contributed by atoms with Crippen LogP contribution in [-0.2, 0) is 4.79 Å². The van der Waals surface area contributed by atoms with Gasteiger partial charge in [-0.3, -0.25) is 4.79 Å². The summed E-state index contributed by atoms with van der Waals surface area (Å²) in [6.07, 6.45) is 2.14. The number of halogens is 1. The second kappa shape index (κ2) is 6.57. The molecule has 0 bridgehead atoms. The van der Waals surface area contributed by atoms with E-state index in [1.165, 1.54) is 0 Å². The van der Waals surface area contributed by atoms with E-state index in [4.69, 9.17) is 16.3 Å². The zero-order valence-electron chi connectivity index (χ0n) is 13.4. The van der Waals surface area contributed by atoms with Crippen LogP contribution in [0.25, 0.3) is 0 Å². The fraction of sp³-hybridized carbons (Fsp3) is 0.588. The number of carbonyl (C=O) groups excluding carboxylic acids is 1. The zero-order chi connectivity index (χ0) is 16.4. The van der Waals surface area contributed by atoms with Gasteiger partial charge in [0.1, 0.15) is 5.75 Å². The first-order valence-corrected chi connectivity index (χ1v) is 8.57. The molecule has 23 heavy (non-hydrogen) atoms. The number of carbonyl (C=O) groups is 1. The second-order valence-electron chi connectivity index (χ2n) is 6.48. The van der Waals surface area contributed by atoms with Crippen LogP contribution in [0.2, 0.25) is 0 Å². The molecule has 1 N–H and O–H groups in total. The summed E-state index contributed by atoms with van der Waals surface area (Å²) in [5, 5.41) is 9.59. The molecule has 2 aliphatic heterocycles. The number of aliphatic hydroxyl groups is 1. The van der Waals surface area contributed by atoms with Crippen molar-refractivity contribution in [1.29, 1.82) is 0 Å². The number of rotatable bonds is 3. The van der Waals surface area contributed by atoms with Gasteiger partial charge in [0, 0.05) is 43.7 Å². The Balaban J connectivity index is 1.80. The lowest BCUT2D eigenvalue weighted by Gasteiger charge is -2.40. The highest BCUT2D eigenvalue weighted by Crippen LogP contribution is 2.38. The summed E-state index contributed by atoms with van der Waals surface area (Å²) in [5.74, 6) is 1.32. The molecule has 0 saturated carbocycles. The topological polar surface area (TPSA) is 53.0 Å². The summed E-state index contributed by atoms with van der Waals surface area (Å²) in [6, 6.07) is 6.00. The van der Waals surface area contributed by atoms with Gasteiger partial charge >= 0.3 is 0 Å². The minimum Gasteiger partial charge on any atom is -0.491 e. The van der Waals surface area contributed by atoms with Crippen molar-refractivity contribution in [3.05, 3.63) is 18.2 Å². The van der Waals surface area contributed by atoms with Crippen molar-refractivity contribution >= 4 is 28.9 Å². The van der Waals surface area contributed by atoms with Crippen molar-refractivity contribution in [3.63, 3.8) is 0 Å². The van der Waals surface area contributed by atoms with E-state index in [1.54, 1.807) is 11.9 Å². The Morgan fingerprint density at radius 2 is 2.09 bits per heavy atom. The molecule has 6 heteroatoms. The van der Waals surface area contributed by atoms with E-state index in [-0.39, 0.29) is 17.9 Å². The molecule has 3 rings (SSSR count). The molecule has 1 saturated heterocycles. The van der Waals surface area contributed by atoms with E-state index >= 15 is 0 Å². The number of alkyl halides is 1. The molecular formula is C17H23ClN2O3. The van der Waals surface area contributed by atoms with Crippen LogP contribution in [0, 0.1) is 5.41 Å². The molecule has 1 amide bonds. The molecule has 0 spiro atoms. The van der Waals surface area contributed by atoms with Crippen LogP contribution in [0.4, 0.5) is 11.4 Å². The summed E-state index contributed by atoms with van der Waals surface area (Å²) in [5.41, 5.74) is 1.75. The van der Waals surface area contributed by atoms with Gasteiger partial charge in [0.15, 0.2) is 0 Å². The van der Waals surface area contributed by atoms with Crippen LogP contribution in [0.3, 0.4) is 0 Å². The molecule has 0 radical (unpaired) electrons. The number of ether oxygens (including phenoxy) is 1. The third-order valence-corrected chi connectivity index (χ3v) is 5.63. The van der Waals surface area contributed by atoms with E-state index in [0.717, 1.165) is 43.1 Å². The Labute approximate surface area is 141 Å². The number of aliphatic hydroxyl groups excluding tert-OH is 1. The number of fused-ring (bicyclic) bond motifs is 1. The van der Waals surface area contributed by atoms with Crippen LogP contribution >= 0.6 is 11.6 Å². The Kier molecular flexibility index (Phi) is 4.69. The molecule has 0 atom stereocenters. The van der Waals surface area contributed by atoms with Gasteiger partial charge in [0.25, 0.3) is 0 Å². The molecule has 0 aromatic heterocycles. The maximum atomic E-state index is 12.0. The summed E-state index contributed by atoms with van der Waals surface area (Å²) < 4.78 is 5.67. The molecule has 1 aromatic rings. The standard InChI is InChI=1S/C17H23ClN2O3/c1-19-14-10-13(2-3-15(14)23-9-4-16(19)22)20-7-5-17(11-18,12-21)6-8-20/h2-3,10,21H,4-9,11-12H2,1H3. The Bertz CT molecular complexity index is 579. The number of amides is 1. The maximum Gasteiger partial charge on any atom is 0.230 e. The number of hydrogen-bond donors (Lipinski definition) is 1. The van der Waals surface area contributed by atoms with Gasteiger partial charge in [-0.05, 0) is 31.0 Å². The first-order valence-electron chi connectivity index (χ1n) is 8.04. The average molecular weight is 339 g/mol. The van der Waals surface area contributed by atoms with Gasteiger partial charge in [0.2, 0.25) is 5.91 Å². The fourth-order valence-electron chi connectivity index (χ4n) is 3.21. The minimum absolute atomic E-state index is 0.0704. The maximum absolute atomic E-state index is 12.0.